The molecule has 0 radical (unpaired) electrons. The molecule has 1 aromatic carbocycles. The van der Waals surface area contributed by atoms with Gasteiger partial charge in [-0.3, -0.25) is 9.36 Å². The molecule has 8 nitrogen and oxygen atoms in total. The number of nitrogens with zero attached hydrogens (tertiary/aromatic N) is 3. The zero-order valence-corrected chi connectivity index (χ0v) is 14.2. The summed E-state index contributed by atoms with van der Waals surface area (Å²) in [5.41, 5.74) is 7.75. The molecule has 3 rings (SSSR count). The maximum Gasteiger partial charge on any atom is 0.241 e. The maximum atomic E-state index is 12.2. The molecule has 8 heteroatoms. The fraction of sp³-hybridized carbons (Fsp3) is 0.278. The predicted octanol–water partition coefficient (Wildman–Crippen LogP) is 1.20. The average molecular weight is 355 g/mol. The number of phenolic OH excluding ortho intramolecular Hbond substituents is 1. The van der Waals surface area contributed by atoms with E-state index in [1.165, 1.54) is 0 Å². The molecule has 1 unspecified atom stereocenters. The summed E-state index contributed by atoms with van der Waals surface area (Å²) in [7, 11) is 0. The van der Waals surface area contributed by atoms with E-state index in [9.17, 15) is 9.90 Å². The van der Waals surface area contributed by atoms with E-state index in [2.05, 4.69) is 15.3 Å². The van der Waals surface area contributed by atoms with Crippen LogP contribution in [0.5, 0.6) is 5.75 Å². The Morgan fingerprint density at radius 2 is 2.04 bits per heavy atom. The van der Waals surface area contributed by atoms with Crippen LogP contribution in [0.2, 0.25) is 0 Å². The molecule has 0 saturated heterocycles. The van der Waals surface area contributed by atoms with Gasteiger partial charge in [0.1, 0.15) is 17.3 Å². The molecule has 136 valence electrons. The number of imidazole rings is 1. The summed E-state index contributed by atoms with van der Waals surface area (Å²) in [4.78, 5) is 21.1. The summed E-state index contributed by atoms with van der Waals surface area (Å²) in [6.45, 7) is 0.558. The SMILES string of the molecule is NC(=O)C(Cc1ccc(O)cc1)n1c(NCCCO)nc2cccnc21. The van der Waals surface area contributed by atoms with E-state index in [0.717, 1.165) is 5.56 Å². The second kappa shape index (κ2) is 7.83. The number of aliphatic hydroxyl groups excluding tert-OH is 1. The van der Waals surface area contributed by atoms with Crippen molar-refractivity contribution < 1.29 is 15.0 Å². The van der Waals surface area contributed by atoms with Gasteiger partial charge in [-0.2, -0.15) is 0 Å². The Bertz CT molecular complexity index is 891. The van der Waals surface area contributed by atoms with Crippen molar-refractivity contribution in [3.8, 4) is 5.75 Å². The molecule has 0 aliphatic heterocycles. The predicted molar refractivity (Wildman–Crippen MR) is 97.8 cm³/mol. The van der Waals surface area contributed by atoms with Gasteiger partial charge in [-0.15, -0.1) is 0 Å². The van der Waals surface area contributed by atoms with Crippen molar-refractivity contribution in [2.45, 2.75) is 18.9 Å². The summed E-state index contributed by atoms with van der Waals surface area (Å²) >= 11 is 0. The summed E-state index contributed by atoms with van der Waals surface area (Å²) in [5, 5.41) is 21.6. The van der Waals surface area contributed by atoms with E-state index in [1.807, 2.05) is 6.07 Å². The molecule has 2 aromatic heterocycles. The molecule has 0 aliphatic rings. The van der Waals surface area contributed by atoms with Crippen LogP contribution in [0.1, 0.15) is 18.0 Å². The lowest BCUT2D eigenvalue weighted by molar-refractivity contribution is -0.121. The number of nitrogens with two attached hydrogens (primary N) is 1. The molecule has 5 N–H and O–H groups in total. The molecule has 26 heavy (non-hydrogen) atoms. The summed E-state index contributed by atoms with van der Waals surface area (Å²) in [5.74, 6) is 0.133. The lowest BCUT2D eigenvalue weighted by Crippen LogP contribution is -2.29. The molecule has 2 heterocycles. The van der Waals surface area contributed by atoms with Crippen LogP contribution in [0.25, 0.3) is 11.2 Å². The van der Waals surface area contributed by atoms with Crippen LogP contribution in [-0.2, 0) is 11.2 Å². The van der Waals surface area contributed by atoms with Gasteiger partial charge < -0.3 is 21.3 Å². The Kier molecular flexibility index (Phi) is 5.33. The molecule has 0 bridgehead atoms. The van der Waals surface area contributed by atoms with E-state index < -0.39 is 11.9 Å². The molecular weight excluding hydrogens is 334 g/mol. The third-order valence-electron chi connectivity index (χ3n) is 4.07. The number of benzene rings is 1. The number of carbonyl (C=O) groups is 1. The van der Waals surface area contributed by atoms with Gasteiger partial charge in [0.05, 0.1) is 0 Å². The number of hydrogen-bond acceptors (Lipinski definition) is 6. The van der Waals surface area contributed by atoms with Crippen LogP contribution >= 0.6 is 0 Å². The molecule has 0 spiro atoms. The van der Waals surface area contributed by atoms with E-state index in [1.54, 1.807) is 41.1 Å². The zero-order valence-electron chi connectivity index (χ0n) is 14.2. The van der Waals surface area contributed by atoms with Gasteiger partial charge in [0, 0.05) is 25.8 Å². The minimum absolute atomic E-state index is 0.0538. The van der Waals surface area contributed by atoms with E-state index in [4.69, 9.17) is 10.8 Å². The van der Waals surface area contributed by atoms with Crippen molar-refractivity contribution in [2.24, 2.45) is 5.73 Å². The molecule has 0 aliphatic carbocycles. The number of pyridine rings is 1. The summed E-state index contributed by atoms with van der Waals surface area (Å²) in [6.07, 6.45) is 2.53. The topological polar surface area (TPSA) is 126 Å². The lowest BCUT2D eigenvalue weighted by atomic mass is 10.0. The number of carbonyl (C=O) groups excluding carboxylic acids is 1. The van der Waals surface area contributed by atoms with Crippen LogP contribution in [0.4, 0.5) is 5.95 Å². The third-order valence-corrected chi connectivity index (χ3v) is 4.07. The minimum Gasteiger partial charge on any atom is -0.508 e. The number of aromatic hydroxyl groups is 1. The molecule has 3 aromatic rings. The number of aromatic nitrogens is 3. The Morgan fingerprint density at radius 1 is 1.27 bits per heavy atom. The van der Waals surface area contributed by atoms with Crippen molar-refractivity contribution in [1.82, 2.24) is 14.5 Å². The molecule has 1 atom stereocenters. The van der Waals surface area contributed by atoms with Crippen LogP contribution in [0.3, 0.4) is 0 Å². The second-order valence-corrected chi connectivity index (χ2v) is 5.94. The number of phenols is 1. The van der Waals surface area contributed by atoms with Crippen molar-refractivity contribution >= 4 is 23.0 Å². The first-order chi connectivity index (χ1) is 12.6. The van der Waals surface area contributed by atoms with Crippen LogP contribution in [0, 0.1) is 0 Å². The Hall–Kier alpha value is -3.13. The van der Waals surface area contributed by atoms with Gasteiger partial charge >= 0.3 is 0 Å². The Labute approximate surface area is 150 Å². The van der Waals surface area contributed by atoms with Gasteiger partial charge in [-0.05, 0) is 36.2 Å². The van der Waals surface area contributed by atoms with Crippen LogP contribution in [0.15, 0.2) is 42.6 Å². The van der Waals surface area contributed by atoms with Crippen molar-refractivity contribution in [1.29, 1.82) is 0 Å². The number of primary amides is 1. The first-order valence-electron chi connectivity index (χ1n) is 8.35. The zero-order chi connectivity index (χ0) is 18.5. The number of rotatable bonds is 8. The highest BCUT2D eigenvalue weighted by Gasteiger charge is 2.25. The maximum absolute atomic E-state index is 12.2. The second-order valence-electron chi connectivity index (χ2n) is 5.94. The van der Waals surface area contributed by atoms with Gasteiger partial charge in [0.2, 0.25) is 11.9 Å². The van der Waals surface area contributed by atoms with E-state index in [0.29, 0.717) is 36.5 Å². The molecule has 1 amide bonds. The van der Waals surface area contributed by atoms with Crippen molar-refractivity contribution in [3.63, 3.8) is 0 Å². The quantitative estimate of drug-likeness (QED) is 0.450. The number of amides is 1. The summed E-state index contributed by atoms with van der Waals surface area (Å²) < 4.78 is 1.70. The average Bonchev–Trinajstić information content (AvgIpc) is 2.99. The third kappa shape index (κ3) is 3.75. The van der Waals surface area contributed by atoms with Crippen LogP contribution in [-0.4, -0.2) is 43.8 Å². The number of fused-ring (bicyclic) bond motifs is 1. The first kappa shape index (κ1) is 17.7. The minimum atomic E-state index is -0.698. The van der Waals surface area contributed by atoms with Gasteiger partial charge in [0.15, 0.2) is 5.65 Å². The smallest absolute Gasteiger partial charge is 0.241 e. The first-order valence-corrected chi connectivity index (χ1v) is 8.35. The molecular formula is C18H21N5O3. The van der Waals surface area contributed by atoms with Gasteiger partial charge in [-0.1, -0.05) is 12.1 Å². The highest BCUT2D eigenvalue weighted by Crippen LogP contribution is 2.26. The number of anilines is 1. The fourth-order valence-electron chi connectivity index (χ4n) is 2.80. The molecule has 0 saturated carbocycles. The standard InChI is InChI=1S/C18H21N5O3/c19-16(26)15(11-12-4-6-13(25)7-5-12)23-17-14(3-1-8-20-17)22-18(23)21-9-2-10-24/h1,3-8,15,24-25H,2,9-11H2,(H2,19,26)(H,21,22). The van der Waals surface area contributed by atoms with Gasteiger partial charge in [0.25, 0.3) is 0 Å². The fourth-order valence-corrected chi connectivity index (χ4v) is 2.80. The number of nitrogens with one attached hydrogen (secondary N) is 1. The lowest BCUT2D eigenvalue weighted by Gasteiger charge is -2.19. The molecule has 0 fully saturated rings. The largest absolute Gasteiger partial charge is 0.508 e. The van der Waals surface area contributed by atoms with E-state index in [-0.39, 0.29) is 12.4 Å². The highest BCUT2D eigenvalue weighted by atomic mass is 16.3. The van der Waals surface area contributed by atoms with Crippen molar-refractivity contribution in [3.05, 3.63) is 48.2 Å². The van der Waals surface area contributed by atoms with Crippen LogP contribution < -0.4 is 11.1 Å². The summed E-state index contributed by atoms with van der Waals surface area (Å²) in [6, 6.07) is 9.52. The number of aliphatic hydroxyl groups is 1. The highest BCUT2D eigenvalue weighted by molar-refractivity contribution is 5.83. The Balaban J connectivity index is 2.01. The van der Waals surface area contributed by atoms with E-state index >= 15 is 0 Å². The van der Waals surface area contributed by atoms with Gasteiger partial charge in [-0.25, -0.2) is 9.97 Å². The Morgan fingerprint density at radius 3 is 2.73 bits per heavy atom. The number of hydrogen-bond donors (Lipinski definition) is 4. The normalized spacial score (nSPS) is 12.2. The van der Waals surface area contributed by atoms with Crippen molar-refractivity contribution in [2.75, 3.05) is 18.5 Å². The monoisotopic (exact) mass is 355 g/mol.